The average Bonchev–Trinajstić information content (AvgIpc) is 2.35. The number of nitrogens with one attached hydrogen (secondary N) is 2. The number of carbonyl (C=O) groups is 1. The summed E-state index contributed by atoms with van der Waals surface area (Å²) in [5.41, 5.74) is 1.06. The van der Waals surface area contributed by atoms with E-state index in [-0.39, 0.29) is 24.2 Å². The van der Waals surface area contributed by atoms with Gasteiger partial charge in [0, 0.05) is 19.1 Å². The number of ether oxygens (including phenoxy) is 1. The van der Waals surface area contributed by atoms with Gasteiger partial charge in [-0.15, -0.1) is 0 Å². The molecule has 0 aliphatic carbocycles. The Kier molecular flexibility index (Phi) is 4.56. The van der Waals surface area contributed by atoms with Crippen molar-refractivity contribution in [2.75, 3.05) is 19.7 Å². The molecule has 1 fully saturated rings. The van der Waals surface area contributed by atoms with Gasteiger partial charge < -0.3 is 15.4 Å². The molecule has 1 aromatic rings. The zero-order valence-electron chi connectivity index (χ0n) is 11.6. The number of rotatable bonds is 6. The molecule has 0 spiro atoms. The van der Waals surface area contributed by atoms with Gasteiger partial charge in [0.15, 0.2) is 0 Å². The Morgan fingerprint density at radius 3 is 2.68 bits per heavy atom. The summed E-state index contributed by atoms with van der Waals surface area (Å²) in [4.78, 5) is 11.8. The highest BCUT2D eigenvalue weighted by atomic mass is 16.5. The summed E-state index contributed by atoms with van der Waals surface area (Å²) in [6, 6.07) is 10.3. The molecule has 0 radical (unpaired) electrons. The normalized spacial score (nSPS) is 18.4. The molecule has 1 unspecified atom stereocenters. The minimum atomic E-state index is -0.167. The summed E-state index contributed by atoms with van der Waals surface area (Å²) in [5.74, 6) is -0.0449. The second-order valence-electron chi connectivity index (χ2n) is 5.50. The molecule has 1 aliphatic rings. The Morgan fingerprint density at radius 2 is 2.11 bits per heavy atom. The highest BCUT2D eigenvalue weighted by Gasteiger charge is 2.33. The second-order valence-corrected chi connectivity index (χ2v) is 5.50. The van der Waals surface area contributed by atoms with Crippen molar-refractivity contribution in [1.82, 2.24) is 10.6 Å². The fourth-order valence-corrected chi connectivity index (χ4v) is 2.15. The summed E-state index contributed by atoms with van der Waals surface area (Å²) in [6.07, 6.45) is 0.839. The Bertz CT molecular complexity index is 415. The van der Waals surface area contributed by atoms with Gasteiger partial charge in [0.25, 0.3) is 0 Å². The Balaban J connectivity index is 1.69. The molecule has 2 N–H and O–H groups in total. The first-order chi connectivity index (χ1) is 9.07. The Morgan fingerprint density at radius 1 is 1.42 bits per heavy atom. The zero-order chi connectivity index (χ0) is 13.7. The highest BCUT2D eigenvalue weighted by Crippen LogP contribution is 2.14. The molecular weight excluding hydrogens is 240 g/mol. The lowest BCUT2D eigenvalue weighted by molar-refractivity contribution is -0.136. The molecular formula is C15H22N2O2. The molecule has 4 nitrogen and oxygen atoms in total. The van der Waals surface area contributed by atoms with E-state index in [1.54, 1.807) is 0 Å². The molecule has 1 saturated heterocycles. The van der Waals surface area contributed by atoms with Crippen molar-refractivity contribution >= 4 is 5.91 Å². The maximum atomic E-state index is 11.8. The summed E-state index contributed by atoms with van der Waals surface area (Å²) in [6.45, 7) is 5.80. The quantitative estimate of drug-likeness (QED) is 0.807. The van der Waals surface area contributed by atoms with Crippen LogP contribution in [-0.2, 0) is 16.0 Å². The zero-order valence-corrected chi connectivity index (χ0v) is 11.6. The van der Waals surface area contributed by atoms with Gasteiger partial charge >= 0.3 is 0 Å². The van der Waals surface area contributed by atoms with Crippen molar-refractivity contribution in [2.45, 2.75) is 31.9 Å². The fourth-order valence-electron chi connectivity index (χ4n) is 2.15. The van der Waals surface area contributed by atoms with Crippen LogP contribution >= 0.6 is 0 Å². The lowest BCUT2D eigenvalue weighted by atomic mass is 10.0. The third-order valence-corrected chi connectivity index (χ3v) is 3.34. The van der Waals surface area contributed by atoms with Crippen LogP contribution in [0, 0.1) is 0 Å². The summed E-state index contributed by atoms with van der Waals surface area (Å²) in [5, 5.41) is 6.11. The predicted octanol–water partition coefficient (Wildman–Crippen LogP) is 1.11. The molecule has 0 saturated carbocycles. The van der Waals surface area contributed by atoms with E-state index in [1.807, 2.05) is 32.0 Å². The molecule has 19 heavy (non-hydrogen) atoms. The third kappa shape index (κ3) is 4.33. The first kappa shape index (κ1) is 14.0. The van der Waals surface area contributed by atoms with Crippen LogP contribution in [-0.4, -0.2) is 37.2 Å². The predicted molar refractivity (Wildman–Crippen MR) is 75.0 cm³/mol. The largest absolute Gasteiger partial charge is 0.363 e. The van der Waals surface area contributed by atoms with E-state index in [4.69, 9.17) is 4.74 Å². The number of hydrogen-bond donors (Lipinski definition) is 2. The van der Waals surface area contributed by atoms with E-state index >= 15 is 0 Å². The Hall–Kier alpha value is -1.39. The molecule has 2 rings (SSSR count). The van der Waals surface area contributed by atoms with E-state index in [1.165, 1.54) is 5.56 Å². The fraction of sp³-hybridized carbons (Fsp3) is 0.533. The first-order valence-corrected chi connectivity index (χ1v) is 6.75. The minimum absolute atomic E-state index is 0.0449. The lowest BCUT2D eigenvalue weighted by Crippen LogP contribution is -2.59. The number of carbonyl (C=O) groups excluding carboxylic acids is 1. The molecule has 4 heteroatoms. The molecule has 1 heterocycles. The smallest absolute Gasteiger partial charge is 0.246 e. The first-order valence-electron chi connectivity index (χ1n) is 6.75. The average molecular weight is 262 g/mol. The molecule has 1 atom stereocenters. The van der Waals surface area contributed by atoms with Gasteiger partial charge in [-0.1, -0.05) is 30.3 Å². The minimum Gasteiger partial charge on any atom is -0.363 e. The van der Waals surface area contributed by atoms with Crippen molar-refractivity contribution in [3.8, 4) is 0 Å². The monoisotopic (exact) mass is 262 g/mol. The van der Waals surface area contributed by atoms with Gasteiger partial charge in [0.05, 0.1) is 5.60 Å². The van der Waals surface area contributed by atoms with Gasteiger partial charge in [-0.25, -0.2) is 0 Å². The SMILES string of the molecule is CC(Cc1ccccc1)NC(=O)COC1(C)CNC1. The molecule has 0 bridgehead atoms. The van der Waals surface area contributed by atoms with Crippen molar-refractivity contribution < 1.29 is 9.53 Å². The van der Waals surface area contributed by atoms with Gasteiger partial charge in [-0.3, -0.25) is 4.79 Å². The van der Waals surface area contributed by atoms with E-state index in [2.05, 4.69) is 22.8 Å². The van der Waals surface area contributed by atoms with Crippen molar-refractivity contribution in [3.63, 3.8) is 0 Å². The van der Waals surface area contributed by atoms with Crippen molar-refractivity contribution in [2.24, 2.45) is 0 Å². The summed E-state index contributed by atoms with van der Waals surface area (Å²) in [7, 11) is 0. The maximum absolute atomic E-state index is 11.8. The van der Waals surface area contributed by atoms with Crippen LogP contribution in [0.1, 0.15) is 19.4 Å². The van der Waals surface area contributed by atoms with Crippen LogP contribution in [0.25, 0.3) is 0 Å². The van der Waals surface area contributed by atoms with Crippen molar-refractivity contribution in [1.29, 1.82) is 0 Å². The van der Waals surface area contributed by atoms with E-state index in [9.17, 15) is 4.79 Å². The van der Waals surface area contributed by atoms with Gasteiger partial charge in [-0.2, -0.15) is 0 Å². The number of amides is 1. The van der Waals surface area contributed by atoms with E-state index < -0.39 is 0 Å². The van der Waals surface area contributed by atoms with Crippen LogP contribution in [0.3, 0.4) is 0 Å². The number of benzene rings is 1. The third-order valence-electron chi connectivity index (χ3n) is 3.34. The van der Waals surface area contributed by atoms with Crippen LogP contribution < -0.4 is 10.6 Å². The van der Waals surface area contributed by atoms with Crippen LogP contribution in [0.15, 0.2) is 30.3 Å². The number of hydrogen-bond acceptors (Lipinski definition) is 3. The van der Waals surface area contributed by atoms with Crippen LogP contribution in [0.4, 0.5) is 0 Å². The highest BCUT2D eigenvalue weighted by molar-refractivity contribution is 5.77. The van der Waals surface area contributed by atoms with Crippen molar-refractivity contribution in [3.05, 3.63) is 35.9 Å². The van der Waals surface area contributed by atoms with Crippen LogP contribution in [0.2, 0.25) is 0 Å². The van der Waals surface area contributed by atoms with E-state index in [0.29, 0.717) is 0 Å². The molecule has 104 valence electrons. The van der Waals surface area contributed by atoms with Gasteiger partial charge in [-0.05, 0) is 25.8 Å². The summed E-state index contributed by atoms with van der Waals surface area (Å²) < 4.78 is 5.60. The van der Waals surface area contributed by atoms with Gasteiger partial charge in [0.1, 0.15) is 6.61 Å². The molecule has 1 amide bonds. The van der Waals surface area contributed by atoms with E-state index in [0.717, 1.165) is 19.5 Å². The lowest BCUT2D eigenvalue weighted by Gasteiger charge is -2.38. The second kappa shape index (κ2) is 6.17. The Labute approximate surface area is 114 Å². The molecule has 0 aromatic heterocycles. The molecule has 1 aromatic carbocycles. The van der Waals surface area contributed by atoms with Crippen LogP contribution in [0.5, 0.6) is 0 Å². The van der Waals surface area contributed by atoms with Gasteiger partial charge in [0.2, 0.25) is 5.91 Å². The maximum Gasteiger partial charge on any atom is 0.246 e. The standard InChI is InChI=1S/C15H22N2O2/c1-12(8-13-6-4-3-5-7-13)17-14(18)9-19-15(2)10-16-11-15/h3-7,12,16H,8-11H2,1-2H3,(H,17,18). The topological polar surface area (TPSA) is 50.4 Å². The molecule has 1 aliphatic heterocycles. The summed E-state index contributed by atoms with van der Waals surface area (Å²) >= 11 is 0.